The number of fused-ring (bicyclic) bond motifs is 5. The molecule has 0 heterocycles. The Hall–Kier alpha value is -1.65. The normalized spacial score (nSPS) is 40.8. The average Bonchev–Trinajstić information content (AvgIpc) is 3.09. The second kappa shape index (κ2) is 7.99. The lowest BCUT2D eigenvalue weighted by molar-refractivity contribution is -0.137. The van der Waals surface area contributed by atoms with Crippen molar-refractivity contribution in [2.24, 2.45) is 44.7 Å². The molecule has 0 radical (unpaired) electrons. The minimum atomic E-state index is -4.38. The molecule has 6 atom stereocenters. The summed E-state index contributed by atoms with van der Waals surface area (Å²) in [5.41, 5.74) is 1.10. The maximum Gasteiger partial charge on any atom is 0.417 e. The van der Waals surface area contributed by atoms with E-state index in [1.807, 2.05) is 0 Å². The summed E-state index contributed by atoms with van der Waals surface area (Å²) in [6.45, 7) is 4.94. The second-order valence-corrected chi connectivity index (χ2v) is 11.3. The summed E-state index contributed by atoms with van der Waals surface area (Å²) in [6, 6.07) is 5.58. The van der Waals surface area contributed by atoms with E-state index in [9.17, 15) is 13.2 Å². The summed E-state index contributed by atoms with van der Waals surface area (Å²) in [4.78, 5) is 0. The Bertz CT molecular complexity index is 920. The Balaban J connectivity index is 1.37. The third-order valence-corrected chi connectivity index (χ3v) is 9.97. The molecule has 4 saturated carbocycles. The molecular weight excluding hydrogens is 409 g/mol. The van der Waals surface area contributed by atoms with Gasteiger partial charge in [-0.3, -0.25) is 0 Å². The molecule has 0 N–H and O–H groups in total. The highest BCUT2D eigenvalue weighted by Crippen LogP contribution is 2.65. The van der Waals surface area contributed by atoms with Crippen LogP contribution in [0.1, 0.15) is 89.2 Å². The van der Waals surface area contributed by atoms with Crippen molar-refractivity contribution in [3.8, 4) is 0 Å². The predicted molar refractivity (Wildman–Crippen MR) is 123 cm³/mol. The third-order valence-electron chi connectivity index (χ3n) is 9.97. The molecule has 4 aliphatic carbocycles. The first-order chi connectivity index (χ1) is 15.2. The van der Waals surface area contributed by atoms with Gasteiger partial charge in [0.05, 0.1) is 11.8 Å². The molecule has 0 aromatic heterocycles. The molecule has 0 unspecified atom stereocenters. The Morgan fingerprint density at radius 2 is 1.75 bits per heavy atom. The van der Waals surface area contributed by atoms with Gasteiger partial charge in [0, 0.05) is 16.7 Å². The lowest BCUT2D eigenvalue weighted by Gasteiger charge is -2.59. The molecule has 0 bridgehead atoms. The molecule has 5 rings (SSSR count). The molecule has 0 aliphatic heterocycles. The van der Waals surface area contributed by atoms with Crippen molar-refractivity contribution in [3.63, 3.8) is 0 Å². The highest BCUT2D eigenvalue weighted by Gasteiger charge is 2.59. The summed E-state index contributed by atoms with van der Waals surface area (Å²) in [6.07, 6.45) is 9.75. The van der Waals surface area contributed by atoms with Crippen LogP contribution in [-0.4, -0.2) is 11.9 Å². The van der Waals surface area contributed by atoms with Crippen LogP contribution in [0.25, 0.3) is 0 Å². The van der Waals surface area contributed by atoms with Crippen molar-refractivity contribution < 1.29 is 13.2 Å². The van der Waals surface area contributed by atoms with Crippen molar-refractivity contribution in [3.05, 3.63) is 35.4 Å². The minimum Gasteiger partial charge on any atom is -0.166 e. The summed E-state index contributed by atoms with van der Waals surface area (Å²) in [5.74, 6) is 3.17. The number of alkyl halides is 3. The molecule has 1 aromatic carbocycles. The molecule has 174 valence electrons. The molecule has 32 heavy (non-hydrogen) atoms. The van der Waals surface area contributed by atoms with Crippen molar-refractivity contribution in [1.29, 1.82) is 0 Å². The lowest BCUT2D eigenvalue weighted by Crippen LogP contribution is -2.52. The van der Waals surface area contributed by atoms with Gasteiger partial charge in [-0.05, 0) is 86.5 Å². The standard InChI is InChI=1S/C27H35F3N2/c1-25-15-6-5-8-19(25)10-11-20-22-12-13-24(26(22,2)16-14-23(20)25)32-31-17-18-7-3-4-9-21(18)27(28,29)30/h3-4,7,9,17,19-20,22-23H,5-6,8,10-16H2,1-2H3/b31-17-,32-24-/t19-,20-,22+,23-,25+,26+/m1/s1. The molecule has 0 saturated heterocycles. The molecule has 1 aromatic rings. The van der Waals surface area contributed by atoms with Gasteiger partial charge in [0.25, 0.3) is 0 Å². The molecule has 0 spiro atoms. The smallest absolute Gasteiger partial charge is 0.166 e. The van der Waals surface area contributed by atoms with Gasteiger partial charge in [0.1, 0.15) is 0 Å². The van der Waals surface area contributed by atoms with Crippen LogP contribution < -0.4 is 0 Å². The van der Waals surface area contributed by atoms with Gasteiger partial charge in [-0.25, -0.2) is 0 Å². The third kappa shape index (κ3) is 3.54. The number of hydrogen-bond donors (Lipinski definition) is 0. The van der Waals surface area contributed by atoms with E-state index in [-0.39, 0.29) is 11.0 Å². The van der Waals surface area contributed by atoms with Gasteiger partial charge in [-0.15, -0.1) is 0 Å². The van der Waals surface area contributed by atoms with E-state index in [4.69, 9.17) is 0 Å². The van der Waals surface area contributed by atoms with E-state index in [1.54, 1.807) is 6.07 Å². The van der Waals surface area contributed by atoms with Gasteiger partial charge in [-0.1, -0.05) is 44.9 Å². The monoisotopic (exact) mass is 444 g/mol. The van der Waals surface area contributed by atoms with E-state index in [1.165, 1.54) is 63.3 Å². The van der Waals surface area contributed by atoms with Crippen molar-refractivity contribution in [2.75, 3.05) is 0 Å². The summed E-state index contributed by atoms with van der Waals surface area (Å²) in [7, 11) is 0. The largest absolute Gasteiger partial charge is 0.417 e. The second-order valence-electron chi connectivity index (χ2n) is 11.3. The van der Waals surface area contributed by atoms with Crippen LogP contribution in [0.2, 0.25) is 0 Å². The molecule has 4 aliphatic rings. The summed E-state index contributed by atoms with van der Waals surface area (Å²) in [5, 5.41) is 8.73. The highest BCUT2D eigenvalue weighted by molar-refractivity contribution is 5.93. The van der Waals surface area contributed by atoms with Gasteiger partial charge >= 0.3 is 6.18 Å². The maximum atomic E-state index is 13.3. The number of halogens is 3. The zero-order valence-corrected chi connectivity index (χ0v) is 19.3. The fourth-order valence-corrected chi connectivity index (χ4v) is 8.28. The number of benzene rings is 1. The fraction of sp³-hybridized carbons (Fsp3) is 0.704. The SMILES string of the molecule is C[C@]12CCCC[C@@H]1CC[C@H]1[C@H]2CC[C@]2(C)/C(=N\N=C/c3ccccc3C(F)(F)F)CC[C@@H]12. The topological polar surface area (TPSA) is 24.7 Å². The van der Waals surface area contributed by atoms with E-state index in [0.717, 1.165) is 48.8 Å². The van der Waals surface area contributed by atoms with Crippen LogP contribution in [0, 0.1) is 34.5 Å². The number of hydrogen-bond acceptors (Lipinski definition) is 2. The van der Waals surface area contributed by atoms with Crippen LogP contribution in [0.5, 0.6) is 0 Å². The van der Waals surface area contributed by atoms with Crippen LogP contribution in [-0.2, 0) is 6.18 Å². The molecular formula is C27H35F3N2. The van der Waals surface area contributed by atoms with Gasteiger partial charge < -0.3 is 0 Å². The van der Waals surface area contributed by atoms with Crippen LogP contribution >= 0.6 is 0 Å². The van der Waals surface area contributed by atoms with E-state index in [0.29, 0.717) is 11.3 Å². The van der Waals surface area contributed by atoms with E-state index >= 15 is 0 Å². The van der Waals surface area contributed by atoms with Crippen LogP contribution in [0.15, 0.2) is 34.5 Å². The van der Waals surface area contributed by atoms with Crippen molar-refractivity contribution in [2.45, 2.75) is 84.2 Å². The zero-order valence-electron chi connectivity index (χ0n) is 19.3. The quantitative estimate of drug-likeness (QED) is 0.327. The Labute approximate surface area is 189 Å². The number of rotatable bonds is 2. The predicted octanol–water partition coefficient (Wildman–Crippen LogP) is 7.91. The van der Waals surface area contributed by atoms with E-state index in [2.05, 4.69) is 24.1 Å². The first-order valence-corrected chi connectivity index (χ1v) is 12.5. The van der Waals surface area contributed by atoms with Crippen LogP contribution in [0.4, 0.5) is 13.2 Å². The van der Waals surface area contributed by atoms with E-state index < -0.39 is 11.7 Å². The molecule has 5 heteroatoms. The van der Waals surface area contributed by atoms with Crippen molar-refractivity contribution in [1.82, 2.24) is 0 Å². The van der Waals surface area contributed by atoms with Gasteiger partial charge in [-0.2, -0.15) is 23.4 Å². The van der Waals surface area contributed by atoms with Gasteiger partial charge in [0.15, 0.2) is 0 Å². The molecule has 2 nitrogen and oxygen atoms in total. The van der Waals surface area contributed by atoms with Crippen LogP contribution in [0.3, 0.4) is 0 Å². The molecule has 4 fully saturated rings. The zero-order chi connectivity index (χ0) is 22.6. The van der Waals surface area contributed by atoms with Gasteiger partial charge in [0.2, 0.25) is 0 Å². The highest BCUT2D eigenvalue weighted by atomic mass is 19.4. The Morgan fingerprint density at radius 1 is 0.938 bits per heavy atom. The number of nitrogens with zero attached hydrogens (tertiary/aromatic N) is 2. The fourth-order valence-electron chi connectivity index (χ4n) is 8.28. The maximum absolute atomic E-state index is 13.3. The lowest BCUT2D eigenvalue weighted by atomic mass is 9.45. The first kappa shape index (κ1) is 22.2. The average molecular weight is 445 g/mol. The van der Waals surface area contributed by atoms with Crippen molar-refractivity contribution >= 4 is 11.9 Å². The Morgan fingerprint density at radius 3 is 2.56 bits per heavy atom. The Kier molecular flexibility index (Phi) is 5.53. The summed E-state index contributed by atoms with van der Waals surface area (Å²) < 4.78 is 39.8. The first-order valence-electron chi connectivity index (χ1n) is 12.5. The summed E-state index contributed by atoms with van der Waals surface area (Å²) >= 11 is 0. The minimum absolute atomic E-state index is 0.0555. The molecule has 0 amide bonds.